The number of likely N-dealkylation sites (tertiary alicyclic amines) is 1. The highest BCUT2D eigenvalue weighted by atomic mass is 16.2. The molecule has 1 heterocycles. The summed E-state index contributed by atoms with van der Waals surface area (Å²) in [4.78, 5) is 14.0. The normalized spacial score (nSPS) is 23.8. The zero-order valence-corrected chi connectivity index (χ0v) is 10.6. The van der Waals surface area contributed by atoms with Gasteiger partial charge in [0.2, 0.25) is 0 Å². The smallest absolute Gasteiger partial charge is 0.317 e. The van der Waals surface area contributed by atoms with Crippen molar-refractivity contribution in [3.63, 3.8) is 0 Å². The molecule has 1 atom stereocenters. The van der Waals surface area contributed by atoms with Gasteiger partial charge in [-0.05, 0) is 31.2 Å². The van der Waals surface area contributed by atoms with Crippen LogP contribution in [-0.4, -0.2) is 30.1 Å². The zero-order chi connectivity index (χ0) is 12.4. The van der Waals surface area contributed by atoms with E-state index in [2.05, 4.69) is 29.6 Å². The van der Waals surface area contributed by atoms with E-state index in [9.17, 15) is 4.79 Å². The zero-order valence-electron chi connectivity index (χ0n) is 10.6. The number of urea groups is 1. The lowest BCUT2D eigenvalue weighted by Gasteiger charge is -2.29. The summed E-state index contributed by atoms with van der Waals surface area (Å²) in [5, 5.41) is 3.12. The molecule has 0 bridgehead atoms. The molecule has 1 aliphatic carbocycles. The highest BCUT2D eigenvalue weighted by Crippen LogP contribution is 2.27. The molecule has 1 saturated heterocycles. The Hall–Kier alpha value is -1.51. The minimum Gasteiger partial charge on any atom is -0.335 e. The summed E-state index contributed by atoms with van der Waals surface area (Å²) in [5.41, 5.74) is 1.36. The van der Waals surface area contributed by atoms with Crippen LogP contribution in [0.1, 0.15) is 37.2 Å². The summed E-state index contributed by atoms with van der Waals surface area (Å²) in [6, 6.07) is 11.1. The van der Waals surface area contributed by atoms with Crippen molar-refractivity contribution in [3.8, 4) is 0 Å². The second-order valence-electron chi connectivity index (χ2n) is 5.42. The largest absolute Gasteiger partial charge is 0.335 e. The number of hydrogen-bond donors (Lipinski definition) is 1. The van der Waals surface area contributed by atoms with Gasteiger partial charge in [0.05, 0.1) is 0 Å². The molecule has 0 spiro atoms. The second-order valence-corrected chi connectivity index (χ2v) is 5.42. The van der Waals surface area contributed by atoms with E-state index in [4.69, 9.17) is 0 Å². The van der Waals surface area contributed by atoms with Crippen LogP contribution in [0.15, 0.2) is 30.3 Å². The Morgan fingerprint density at radius 1 is 1.17 bits per heavy atom. The topological polar surface area (TPSA) is 32.3 Å². The van der Waals surface area contributed by atoms with Gasteiger partial charge in [0.1, 0.15) is 0 Å². The van der Waals surface area contributed by atoms with Gasteiger partial charge in [-0.3, -0.25) is 0 Å². The van der Waals surface area contributed by atoms with Crippen LogP contribution in [0, 0.1) is 0 Å². The maximum Gasteiger partial charge on any atom is 0.317 e. The van der Waals surface area contributed by atoms with Crippen molar-refractivity contribution in [2.24, 2.45) is 0 Å². The minimum absolute atomic E-state index is 0.137. The number of nitrogens with one attached hydrogen (secondary N) is 1. The summed E-state index contributed by atoms with van der Waals surface area (Å²) in [6.07, 6.45) is 4.66. The summed E-state index contributed by atoms with van der Waals surface area (Å²) < 4.78 is 0. The van der Waals surface area contributed by atoms with E-state index in [1.54, 1.807) is 0 Å². The molecular formula is C15H20N2O. The van der Waals surface area contributed by atoms with Crippen molar-refractivity contribution in [3.05, 3.63) is 35.9 Å². The first-order valence-electron chi connectivity index (χ1n) is 6.93. The third-order valence-electron chi connectivity index (χ3n) is 4.18. The van der Waals surface area contributed by atoms with Gasteiger partial charge in [0.25, 0.3) is 0 Å². The van der Waals surface area contributed by atoms with Crippen molar-refractivity contribution in [1.82, 2.24) is 10.2 Å². The Morgan fingerprint density at radius 2 is 1.94 bits per heavy atom. The van der Waals surface area contributed by atoms with Gasteiger partial charge >= 0.3 is 6.03 Å². The second kappa shape index (κ2) is 5.01. The van der Waals surface area contributed by atoms with Gasteiger partial charge < -0.3 is 10.2 Å². The highest BCUT2D eigenvalue weighted by Gasteiger charge is 2.29. The average molecular weight is 244 g/mol. The van der Waals surface area contributed by atoms with E-state index in [1.165, 1.54) is 12.0 Å². The van der Waals surface area contributed by atoms with Crippen LogP contribution in [0.5, 0.6) is 0 Å². The number of hydrogen-bond acceptors (Lipinski definition) is 1. The van der Waals surface area contributed by atoms with Gasteiger partial charge in [-0.2, -0.15) is 0 Å². The van der Waals surface area contributed by atoms with Crippen molar-refractivity contribution < 1.29 is 4.79 Å². The molecule has 96 valence electrons. The van der Waals surface area contributed by atoms with Crippen LogP contribution < -0.4 is 5.32 Å². The Balaban J connectivity index is 1.56. The lowest BCUT2D eigenvalue weighted by atomic mass is 9.93. The summed E-state index contributed by atoms with van der Waals surface area (Å²) in [5.74, 6) is 0.512. The predicted octanol–water partition coefficient (Wildman–Crippen LogP) is 2.74. The minimum atomic E-state index is 0.137. The molecule has 0 aromatic heterocycles. The quantitative estimate of drug-likeness (QED) is 0.852. The van der Waals surface area contributed by atoms with Gasteiger partial charge in [0, 0.05) is 25.0 Å². The van der Waals surface area contributed by atoms with E-state index in [0.29, 0.717) is 12.0 Å². The number of benzene rings is 1. The first kappa shape index (κ1) is 11.6. The monoisotopic (exact) mass is 244 g/mol. The molecule has 1 aromatic carbocycles. The van der Waals surface area contributed by atoms with Crippen LogP contribution in [0.4, 0.5) is 4.79 Å². The number of nitrogens with zero attached hydrogens (tertiary/aromatic N) is 1. The number of carbonyl (C=O) groups is 1. The molecule has 3 rings (SSSR count). The Labute approximate surface area is 108 Å². The maximum atomic E-state index is 12.0. The third-order valence-corrected chi connectivity index (χ3v) is 4.18. The fourth-order valence-corrected chi connectivity index (χ4v) is 2.76. The molecule has 3 heteroatoms. The van der Waals surface area contributed by atoms with Gasteiger partial charge in [0.15, 0.2) is 0 Å². The molecule has 1 aliphatic heterocycles. The maximum absolute atomic E-state index is 12.0. The molecule has 2 amide bonds. The van der Waals surface area contributed by atoms with Crippen molar-refractivity contribution in [1.29, 1.82) is 0 Å². The first-order valence-corrected chi connectivity index (χ1v) is 6.93. The van der Waals surface area contributed by atoms with E-state index >= 15 is 0 Å². The molecule has 1 aromatic rings. The summed E-state index contributed by atoms with van der Waals surface area (Å²) >= 11 is 0. The Bertz CT molecular complexity index is 414. The summed E-state index contributed by atoms with van der Waals surface area (Å²) in [7, 11) is 0. The highest BCUT2D eigenvalue weighted by molar-refractivity contribution is 5.75. The predicted molar refractivity (Wildman–Crippen MR) is 71.5 cm³/mol. The average Bonchev–Trinajstić information content (AvgIpc) is 2.84. The van der Waals surface area contributed by atoms with E-state index in [-0.39, 0.29) is 6.03 Å². The molecule has 2 fully saturated rings. The molecular weight excluding hydrogens is 224 g/mol. The molecule has 3 nitrogen and oxygen atoms in total. The van der Waals surface area contributed by atoms with Crippen LogP contribution in [0.25, 0.3) is 0 Å². The third kappa shape index (κ3) is 2.35. The molecule has 18 heavy (non-hydrogen) atoms. The van der Waals surface area contributed by atoms with Gasteiger partial charge in [-0.25, -0.2) is 4.79 Å². The van der Waals surface area contributed by atoms with Crippen LogP contribution in [0.2, 0.25) is 0 Å². The Kier molecular flexibility index (Phi) is 3.22. The van der Waals surface area contributed by atoms with Gasteiger partial charge in [-0.1, -0.05) is 30.3 Å². The Morgan fingerprint density at radius 3 is 2.61 bits per heavy atom. The lowest BCUT2D eigenvalue weighted by Crippen LogP contribution is -2.46. The molecule has 1 saturated carbocycles. The van der Waals surface area contributed by atoms with Crippen molar-refractivity contribution >= 4 is 6.03 Å². The van der Waals surface area contributed by atoms with Crippen molar-refractivity contribution in [2.75, 3.05) is 13.1 Å². The van der Waals surface area contributed by atoms with Crippen LogP contribution >= 0.6 is 0 Å². The molecule has 1 unspecified atom stereocenters. The number of rotatable bonds is 2. The fourth-order valence-electron chi connectivity index (χ4n) is 2.76. The van der Waals surface area contributed by atoms with E-state index in [0.717, 1.165) is 32.4 Å². The standard InChI is InChI=1S/C15H20N2O/c18-15(16-14-7-4-8-14)17-10-9-13(11-17)12-5-2-1-3-6-12/h1-3,5-6,13-14H,4,7-11H2,(H,16,18). The number of amides is 2. The number of carbonyl (C=O) groups excluding carboxylic acids is 1. The fraction of sp³-hybridized carbons (Fsp3) is 0.533. The van der Waals surface area contributed by atoms with E-state index in [1.807, 2.05) is 11.0 Å². The molecule has 1 N–H and O–H groups in total. The lowest BCUT2D eigenvalue weighted by molar-refractivity contribution is 0.196. The van der Waals surface area contributed by atoms with Gasteiger partial charge in [-0.15, -0.1) is 0 Å². The van der Waals surface area contributed by atoms with Crippen molar-refractivity contribution in [2.45, 2.75) is 37.6 Å². The molecule has 0 radical (unpaired) electrons. The molecule has 2 aliphatic rings. The SMILES string of the molecule is O=C(NC1CCC1)N1CCC(c2ccccc2)C1. The van der Waals surface area contributed by atoms with E-state index < -0.39 is 0 Å². The first-order chi connectivity index (χ1) is 8.83. The summed E-state index contributed by atoms with van der Waals surface area (Å²) in [6.45, 7) is 1.75. The van der Waals surface area contributed by atoms with Crippen LogP contribution in [0.3, 0.4) is 0 Å². The van der Waals surface area contributed by atoms with Crippen LogP contribution in [-0.2, 0) is 0 Å².